The Labute approximate surface area is 156 Å². The van der Waals surface area contributed by atoms with Gasteiger partial charge in [0, 0.05) is 17.6 Å². The number of nitrogens with zero attached hydrogens (tertiary/aromatic N) is 1. The molecule has 0 bridgehead atoms. The molecule has 27 heavy (non-hydrogen) atoms. The number of aromatic nitrogens is 2. The number of carbonyl (C=O) groups is 2. The van der Waals surface area contributed by atoms with Crippen LogP contribution in [0.15, 0.2) is 42.5 Å². The molecule has 7 nitrogen and oxygen atoms in total. The fourth-order valence-electron chi connectivity index (χ4n) is 3.36. The minimum Gasteiger partial charge on any atom is -0.339 e. The first-order valence-electron chi connectivity index (χ1n) is 9.00. The van der Waals surface area contributed by atoms with Gasteiger partial charge in [0.25, 0.3) is 5.91 Å². The van der Waals surface area contributed by atoms with Crippen molar-refractivity contribution in [2.75, 3.05) is 11.9 Å². The van der Waals surface area contributed by atoms with Crippen molar-refractivity contribution in [1.82, 2.24) is 20.8 Å². The van der Waals surface area contributed by atoms with Crippen LogP contribution in [0.4, 0.5) is 5.69 Å². The van der Waals surface area contributed by atoms with Crippen LogP contribution in [0.1, 0.15) is 28.5 Å². The maximum atomic E-state index is 12.6. The normalized spacial score (nSPS) is 14.4. The van der Waals surface area contributed by atoms with Gasteiger partial charge in [0.15, 0.2) is 5.69 Å². The summed E-state index contributed by atoms with van der Waals surface area (Å²) in [5.74, 6) is -0.635. The summed E-state index contributed by atoms with van der Waals surface area (Å²) < 4.78 is 0. The minimum atomic E-state index is -0.689. The van der Waals surface area contributed by atoms with Crippen LogP contribution in [0.3, 0.4) is 0 Å². The SMILES string of the molecule is CC(NC(=O)c1n[nH]c2ccccc12)C(=O)Nc1cccc2c1CCNC2. The van der Waals surface area contributed by atoms with E-state index < -0.39 is 6.04 Å². The van der Waals surface area contributed by atoms with Crippen molar-refractivity contribution in [3.8, 4) is 0 Å². The zero-order valence-corrected chi connectivity index (χ0v) is 15.0. The van der Waals surface area contributed by atoms with Gasteiger partial charge in [-0.25, -0.2) is 0 Å². The highest BCUT2D eigenvalue weighted by molar-refractivity contribution is 6.07. The Hall–Kier alpha value is -3.19. The van der Waals surface area contributed by atoms with Crippen molar-refractivity contribution in [2.24, 2.45) is 0 Å². The summed E-state index contributed by atoms with van der Waals surface area (Å²) in [6.45, 7) is 3.36. The third kappa shape index (κ3) is 3.41. The molecule has 3 aromatic rings. The summed E-state index contributed by atoms with van der Waals surface area (Å²) in [6.07, 6.45) is 0.867. The van der Waals surface area contributed by atoms with Gasteiger partial charge >= 0.3 is 0 Å². The standard InChI is InChI=1S/C20H21N5O2/c1-12(22-20(27)18-15-6-2-3-7-17(15)24-25-18)19(26)23-16-8-4-5-13-11-21-10-9-14(13)16/h2-8,12,21H,9-11H2,1H3,(H,22,27)(H,23,26)(H,24,25). The maximum absolute atomic E-state index is 12.6. The number of benzene rings is 2. The molecule has 2 amide bonds. The molecule has 0 saturated carbocycles. The Morgan fingerprint density at radius 2 is 2.00 bits per heavy atom. The van der Waals surface area contributed by atoms with E-state index in [0.717, 1.165) is 41.7 Å². The van der Waals surface area contributed by atoms with Crippen molar-refractivity contribution in [3.63, 3.8) is 0 Å². The summed E-state index contributed by atoms with van der Waals surface area (Å²) in [5.41, 5.74) is 4.23. The Morgan fingerprint density at radius 1 is 1.15 bits per heavy atom. The first-order chi connectivity index (χ1) is 13.1. The highest BCUT2D eigenvalue weighted by Crippen LogP contribution is 2.23. The van der Waals surface area contributed by atoms with Crippen LogP contribution < -0.4 is 16.0 Å². The van der Waals surface area contributed by atoms with E-state index in [1.807, 2.05) is 36.4 Å². The first-order valence-corrected chi connectivity index (χ1v) is 9.00. The Morgan fingerprint density at radius 3 is 2.89 bits per heavy atom. The van der Waals surface area contributed by atoms with E-state index in [1.54, 1.807) is 6.92 Å². The zero-order valence-electron chi connectivity index (χ0n) is 15.0. The maximum Gasteiger partial charge on any atom is 0.273 e. The smallest absolute Gasteiger partial charge is 0.273 e. The van der Waals surface area contributed by atoms with Gasteiger partial charge in [-0.3, -0.25) is 14.7 Å². The Kier molecular flexibility index (Phi) is 4.60. The highest BCUT2D eigenvalue weighted by Gasteiger charge is 2.21. The van der Waals surface area contributed by atoms with Gasteiger partial charge in [-0.1, -0.05) is 30.3 Å². The molecular weight excluding hydrogens is 342 g/mol. The molecule has 0 radical (unpaired) electrons. The second kappa shape index (κ2) is 7.20. The summed E-state index contributed by atoms with van der Waals surface area (Å²) in [5, 5.41) is 16.6. The topological polar surface area (TPSA) is 98.9 Å². The number of fused-ring (bicyclic) bond motifs is 2. The second-order valence-electron chi connectivity index (χ2n) is 6.67. The summed E-state index contributed by atoms with van der Waals surface area (Å²) in [6, 6.07) is 12.6. The molecule has 1 aromatic heterocycles. The molecule has 1 aliphatic rings. The number of anilines is 1. The van der Waals surface area contributed by atoms with Gasteiger partial charge in [0.2, 0.25) is 5.91 Å². The Balaban J connectivity index is 1.46. The zero-order chi connectivity index (χ0) is 18.8. The van der Waals surface area contributed by atoms with Gasteiger partial charge in [0.05, 0.1) is 5.52 Å². The number of hydrogen-bond donors (Lipinski definition) is 4. The number of amides is 2. The number of nitrogens with one attached hydrogen (secondary N) is 4. The third-order valence-electron chi connectivity index (χ3n) is 4.82. The highest BCUT2D eigenvalue weighted by atomic mass is 16.2. The molecular formula is C20H21N5O2. The lowest BCUT2D eigenvalue weighted by Crippen LogP contribution is -2.42. The number of rotatable bonds is 4. The Bertz CT molecular complexity index is 1010. The van der Waals surface area contributed by atoms with Crippen molar-refractivity contribution < 1.29 is 9.59 Å². The molecule has 4 rings (SSSR count). The van der Waals surface area contributed by atoms with Crippen LogP contribution in [-0.2, 0) is 17.8 Å². The first kappa shape index (κ1) is 17.2. The van der Waals surface area contributed by atoms with E-state index >= 15 is 0 Å². The predicted molar refractivity (Wildman–Crippen MR) is 104 cm³/mol. The quantitative estimate of drug-likeness (QED) is 0.569. The van der Waals surface area contributed by atoms with Crippen LogP contribution in [-0.4, -0.2) is 34.6 Å². The van der Waals surface area contributed by atoms with E-state index in [4.69, 9.17) is 0 Å². The molecule has 2 heterocycles. The van der Waals surface area contributed by atoms with E-state index in [9.17, 15) is 9.59 Å². The predicted octanol–water partition coefficient (Wildman–Crippen LogP) is 1.97. The molecule has 0 spiro atoms. The fraction of sp³-hybridized carbons (Fsp3) is 0.250. The number of para-hydroxylation sites is 1. The van der Waals surface area contributed by atoms with Crippen LogP contribution >= 0.6 is 0 Å². The number of carbonyl (C=O) groups excluding carboxylic acids is 2. The molecule has 0 saturated heterocycles. The van der Waals surface area contributed by atoms with E-state index in [-0.39, 0.29) is 17.5 Å². The van der Waals surface area contributed by atoms with Crippen LogP contribution in [0, 0.1) is 0 Å². The number of H-pyrrole nitrogens is 1. The second-order valence-corrected chi connectivity index (χ2v) is 6.67. The lowest BCUT2D eigenvalue weighted by molar-refractivity contribution is -0.117. The van der Waals surface area contributed by atoms with E-state index in [1.165, 1.54) is 5.56 Å². The van der Waals surface area contributed by atoms with Gasteiger partial charge in [0.1, 0.15) is 6.04 Å². The number of hydrogen-bond acceptors (Lipinski definition) is 4. The minimum absolute atomic E-state index is 0.255. The summed E-state index contributed by atoms with van der Waals surface area (Å²) in [4.78, 5) is 25.1. The van der Waals surface area contributed by atoms with Crippen LogP contribution in [0.2, 0.25) is 0 Å². The summed E-state index contributed by atoms with van der Waals surface area (Å²) in [7, 11) is 0. The van der Waals surface area contributed by atoms with Crippen LogP contribution in [0.5, 0.6) is 0 Å². The van der Waals surface area contributed by atoms with Gasteiger partial charge < -0.3 is 16.0 Å². The molecule has 1 unspecified atom stereocenters. The molecule has 0 aliphatic carbocycles. The number of aromatic amines is 1. The monoisotopic (exact) mass is 363 g/mol. The average Bonchev–Trinajstić information content (AvgIpc) is 3.12. The molecule has 0 fully saturated rings. The van der Waals surface area contributed by atoms with Crippen LogP contribution in [0.25, 0.3) is 10.9 Å². The van der Waals surface area contributed by atoms with Gasteiger partial charge in [-0.05, 0) is 43.1 Å². The van der Waals surface area contributed by atoms with Crippen molar-refractivity contribution in [2.45, 2.75) is 25.9 Å². The molecule has 2 aromatic carbocycles. The van der Waals surface area contributed by atoms with Gasteiger partial charge in [-0.15, -0.1) is 0 Å². The van der Waals surface area contributed by atoms with Crippen molar-refractivity contribution in [3.05, 3.63) is 59.3 Å². The molecule has 1 aliphatic heterocycles. The lowest BCUT2D eigenvalue weighted by Gasteiger charge is -2.21. The lowest BCUT2D eigenvalue weighted by atomic mass is 9.99. The molecule has 7 heteroatoms. The van der Waals surface area contributed by atoms with Crippen molar-refractivity contribution >= 4 is 28.4 Å². The molecule has 4 N–H and O–H groups in total. The fourth-order valence-corrected chi connectivity index (χ4v) is 3.36. The molecule has 138 valence electrons. The third-order valence-corrected chi connectivity index (χ3v) is 4.82. The largest absolute Gasteiger partial charge is 0.339 e. The van der Waals surface area contributed by atoms with Crippen molar-refractivity contribution in [1.29, 1.82) is 0 Å². The summed E-state index contributed by atoms with van der Waals surface area (Å²) >= 11 is 0. The average molecular weight is 363 g/mol. The molecule has 1 atom stereocenters. The van der Waals surface area contributed by atoms with E-state index in [2.05, 4.69) is 32.2 Å². The van der Waals surface area contributed by atoms with E-state index in [0.29, 0.717) is 0 Å². The van der Waals surface area contributed by atoms with Gasteiger partial charge in [-0.2, -0.15) is 5.10 Å².